The Labute approximate surface area is 102 Å². The van der Waals surface area contributed by atoms with Crippen LogP contribution in [0, 0.1) is 0 Å². The minimum atomic E-state index is 0.984. The molecule has 4 rings (SSSR count). The lowest BCUT2D eigenvalue weighted by Gasteiger charge is -2.03. The Hall–Kier alpha value is -2.00. The summed E-state index contributed by atoms with van der Waals surface area (Å²) < 4.78 is 8.59. The summed E-state index contributed by atoms with van der Waals surface area (Å²) in [6.07, 6.45) is 0. The molecule has 4 aromatic rings. The van der Waals surface area contributed by atoms with Crippen LogP contribution in [0.15, 0.2) is 48.5 Å². The average Bonchev–Trinajstić information content (AvgIpc) is 2.83. The summed E-state index contributed by atoms with van der Waals surface area (Å²) in [6.45, 7) is 0. The molecule has 0 unspecified atom stereocenters. The summed E-state index contributed by atoms with van der Waals surface area (Å²) in [5.41, 5.74) is 1.97. The highest BCUT2D eigenvalue weighted by Crippen LogP contribution is 2.28. The zero-order valence-corrected chi connectivity index (χ0v) is 9.74. The fourth-order valence-electron chi connectivity index (χ4n) is 2.29. The molecule has 0 amide bonds. The molecule has 17 heavy (non-hydrogen) atoms. The number of hydrogen-bond donors (Lipinski definition) is 0. The molecule has 0 aliphatic rings. The van der Waals surface area contributed by atoms with E-state index in [1.165, 1.54) is 33.3 Å². The Kier molecular flexibility index (Phi) is 1.73. The number of hydrogen-bond acceptors (Lipinski definition) is 3. The maximum Gasteiger partial charge on any atom is 0.105 e. The molecular weight excluding hydrogens is 228 g/mol. The lowest BCUT2D eigenvalue weighted by Crippen LogP contribution is -1.78. The van der Waals surface area contributed by atoms with Gasteiger partial charge in [0.25, 0.3) is 0 Å². The van der Waals surface area contributed by atoms with Gasteiger partial charge in [-0.1, -0.05) is 36.4 Å². The third-order valence-corrected chi connectivity index (χ3v) is 3.68. The van der Waals surface area contributed by atoms with Crippen molar-refractivity contribution in [3.8, 4) is 0 Å². The van der Waals surface area contributed by atoms with Crippen LogP contribution in [-0.4, -0.2) is 8.75 Å². The second kappa shape index (κ2) is 3.25. The molecule has 0 aliphatic carbocycles. The van der Waals surface area contributed by atoms with E-state index in [4.69, 9.17) is 0 Å². The Morgan fingerprint density at radius 1 is 0.706 bits per heavy atom. The first kappa shape index (κ1) is 9.07. The fraction of sp³-hybridized carbons (Fsp3) is 0. The lowest BCUT2D eigenvalue weighted by atomic mass is 10.0. The van der Waals surface area contributed by atoms with Gasteiger partial charge in [-0.15, -0.1) is 0 Å². The molecule has 2 nitrogen and oxygen atoms in total. The van der Waals surface area contributed by atoms with Crippen molar-refractivity contribution < 1.29 is 0 Å². The van der Waals surface area contributed by atoms with Gasteiger partial charge in [0.05, 0.1) is 11.7 Å². The molecule has 0 aliphatic heterocycles. The van der Waals surface area contributed by atoms with Crippen molar-refractivity contribution in [1.29, 1.82) is 0 Å². The van der Waals surface area contributed by atoms with Gasteiger partial charge in [-0.2, -0.15) is 8.75 Å². The van der Waals surface area contributed by atoms with Crippen LogP contribution in [0.25, 0.3) is 32.6 Å². The maximum atomic E-state index is 4.31. The van der Waals surface area contributed by atoms with Gasteiger partial charge in [0.2, 0.25) is 0 Å². The van der Waals surface area contributed by atoms with Crippen molar-refractivity contribution in [2.75, 3.05) is 0 Å². The van der Waals surface area contributed by atoms with Gasteiger partial charge >= 0.3 is 0 Å². The topological polar surface area (TPSA) is 25.8 Å². The van der Waals surface area contributed by atoms with Crippen molar-refractivity contribution in [2.45, 2.75) is 0 Å². The lowest BCUT2D eigenvalue weighted by molar-refractivity contribution is 1.68. The quantitative estimate of drug-likeness (QED) is 0.431. The van der Waals surface area contributed by atoms with Gasteiger partial charge in [0.15, 0.2) is 0 Å². The number of rotatable bonds is 0. The third kappa shape index (κ3) is 1.26. The molecule has 1 heterocycles. The molecular formula is C14H8N2S. The van der Waals surface area contributed by atoms with Crippen LogP contribution < -0.4 is 0 Å². The van der Waals surface area contributed by atoms with E-state index in [2.05, 4.69) is 57.3 Å². The van der Waals surface area contributed by atoms with Gasteiger partial charge in [-0.25, -0.2) is 0 Å². The summed E-state index contributed by atoms with van der Waals surface area (Å²) in [7, 11) is 0. The first-order valence-corrected chi connectivity index (χ1v) is 6.19. The smallest absolute Gasteiger partial charge is 0.105 e. The first-order valence-electron chi connectivity index (χ1n) is 5.46. The maximum absolute atomic E-state index is 4.31. The summed E-state index contributed by atoms with van der Waals surface area (Å²) >= 11 is 1.27. The summed E-state index contributed by atoms with van der Waals surface area (Å²) in [5.74, 6) is 0. The van der Waals surface area contributed by atoms with Gasteiger partial charge in [0, 0.05) is 0 Å². The predicted octanol–water partition coefficient (Wildman–Crippen LogP) is 4.00. The summed E-state index contributed by atoms with van der Waals surface area (Å²) in [4.78, 5) is 0. The molecule has 1 aromatic heterocycles. The van der Waals surface area contributed by atoms with E-state index in [0.717, 1.165) is 11.0 Å². The van der Waals surface area contributed by atoms with Crippen molar-refractivity contribution in [1.82, 2.24) is 8.75 Å². The van der Waals surface area contributed by atoms with Crippen LogP contribution >= 0.6 is 11.7 Å². The predicted molar refractivity (Wildman–Crippen MR) is 72.4 cm³/mol. The first-order chi connectivity index (χ1) is 8.42. The Bertz CT molecular complexity index is 848. The van der Waals surface area contributed by atoms with Crippen molar-refractivity contribution in [2.24, 2.45) is 0 Å². The number of fused-ring (bicyclic) bond motifs is 4. The standard InChI is InChI=1S/C14H8N2S/c1-2-4-11-9(3-1)5-6-10-7-13-14(8-12(10)11)16-17-15-13/h1-8H. The minimum Gasteiger partial charge on any atom is -0.173 e. The van der Waals surface area contributed by atoms with E-state index in [9.17, 15) is 0 Å². The Morgan fingerprint density at radius 3 is 2.41 bits per heavy atom. The molecule has 3 aromatic carbocycles. The normalized spacial score (nSPS) is 11.5. The number of nitrogens with zero attached hydrogens (tertiary/aromatic N) is 2. The second-order valence-electron chi connectivity index (χ2n) is 4.11. The third-order valence-electron chi connectivity index (χ3n) is 3.12. The zero-order valence-electron chi connectivity index (χ0n) is 8.92. The highest BCUT2D eigenvalue weighted by atomic mass is 32.1. The molecule has 0 saturated carbocycles. The second-order valence-corrected chi connectivity index (χ2v) is 4.64. The van der Waals surface area contributed by atoms with E-state index in [0.29, 0.717) is 0 Å². The van der Waals surface area contributed by atoms with Crippen LogP contribution in [0.4, 0.5) is 0 Å². The van der Waals surface area contributed by atoms with Crippen LogP contribution in [0.1, 0.15) is 0 Å². The monoisotopic (exact) mass is 236 g/mol. The van der Waals surface area contributed by atoms with Crippen LogP contribution in [-0.2, 0) is 0 Å². The molecule has 0 radical (unpaired) electrons. The fourth-order valence-corrected chi connectivity index (χ4v) is 2.80. The van der Waals surface area contributed by atoms with E-state index < -0.39 is 0 Å². The minimum absolute atomic E-state index is 0.984. The number of benzene rings is 3. The molecule has 0 N–H and O–H groups in total. The molecule has 3 heteroatoms. The van der Waals surface area contributed by atoms with E-state index in [-0.39, 0.29) is 0 Å². The van der Waals surface area contributed by atoms with Gasteiger partial charge in [-0.05, 0) is 33.7 Å². The van der Waals surface area contributed by atoms with Gasteiger partial charge < -0.3 is 0 Å². The zero-order chi connectivity index (χ0) is 11.2. The Balaban J connectivity index is 2.30. The highest BCUT2D eigenvalue weighted by Gasteiger charge is 2.04. The SMILES string of the molecule is c1ccc2c(c1)ccc1cc3nsnc3cc12. The average molecular weight is 236 g/mol. The van der Waals surface area contributed by atoms with Crippen molar-refractivity contribution in [3.63, 3.8) is 0 Å². The Morgan fingerprint density at radius 2 is 1.47 bits per heavy atom. The van der Waals surface area contributed by atoms with Crippen LogP contribution in [0.5, 0.6) is 0 Å². The largest absolute Gasteiger partial charge is 0.173 e. The van der Waals surface area contributed by atoms with E-state index >= 15 is 0 Å². The summed E-state index contributed by atoms with van der Waals surface area (Å²) in [6, 6.07) is 17.0. The number of aromatic nitrogens is 2. The molecule has 0 fully saturated rings. The van der Waals surface area contributed by atoms with Crippen LogP contribution in [0.2, 0.25) is 0 Å². The summed E-state index contributed by atoms with van der Waals surface area (Å²) in [5, 5.41) is 5.02. The van der Waals surface area contributed by atoms with Crippen molar-refractivity contribution >= 4 is 44.3 Å². The van der Waals surface area contributed by atoms with E-state index in [1.54, 1.807) is 0 Å². The molecule has 0 bridgehead atoms. The molecule has 0 saturated heterocycles. The molecule has 0 spiro atoms. The highest BCUT2D eigenvalue weighted by molar-refractivity contribution is 7.00. The molecule has 0 atom stereocenters. The van der Waals surface area contributed by atoms with Gasteiger partial charge in [0.1, 0.15) is 11.0 Å². The van der Waals surface area contributed by atoms with Crippen LogP contribution in [0.3, 0.4) is 0 Å². The molecule has 80 valence electrons. The van der Waals surface area contributed by atoms with Gasteiger partial charge in [-0.3, -0.25) is 0 Å². The van der Waals surface area contributed by atoms with Crippen molar-refractivity contribution in [3.05, 3.63) is 48.5 Å². The van der Waals surface area contributed by atoms with E-state index in [1.807, 2.05) is 0 Å².